The lowest BCUT2D eigenvalue weighted by Crippen LogP contribution is -2.39. The molecule has 186 valence electrons. The van der Waals surface area contributed by atoms with Gasteiger partial charge in [-0.1, -0.05) is 46.7 Å². The van der Waals surface area contributed by atoms with Crippen molar-refractivity contribution < 1.29 is 23.8 Å². The molecule has 0 bridgehead atoms. The second kappa shape index (κ2) is 10.3. The summed E-state index contributed by atoms with van der Waals surface area (Å²) in [6.07, 6.45) is 1.69. The molecule has 2 aromatic carbocycles. The van der Waals surface area contributed by atoms with Gasteiger partial charge in [0.15, 0.2) is 16.3 Å². The number of allylic oxidation sites excluding steroid dienone is 1. The Morgan fingerprint density at radius 2 is 1.83 bits per heavy atom. The van der Waals surface area contributed by atoms with E-state index in [-0.39, 0.29) is 22.6 Å². The molecule has 0 N–H and O–H groups in total. The quantitative estimate of drug-likeness (QED) is 0.358. The Bertz CT molecular complexity index is 1610. The van der Waals surface area contributed by atoms with Crippen molar-refractivity contribution in [3.8, 4) is 11.5 Å². The Hall–Kier alpha value is -3.40. The van der Waals surface area contributed by atoms with Gasteiger partial charge in [-0.2, -0.15) is 0 Å². The van der Waals surface area contributed by atoms with Gasteiger partial charge in [-0.05, 0) is 48.4 Å². The van der Waals surface area contributed by atoms with E-state index in [0.717, 1.165) is 0 Å². The summed E-state index contributed by atoms with van der Waals surface area (Å²) in [6.45, 7) is 2.96. The molecule has 0 amide bonds. The first kappa shape index (κ1) is 25.7. The molecule has 0 unspecified atom stereocenters. The highest BCUT2D eigenvalue weighted by atomic mass is 35.5. The minimum Gasteiger partial charge on any atom is -0.493 e. The van der Waals surface area contributed by atoms with Crippen molar-refractivity contribution in [2.24, 2.45) is 4.99 Å². The van der Waals surface area contributed by atoms with E-state index >= 15 is 0 Å². The van der Waals surface area contributed by atoms with Crippen molar-refractivity contribution in [3.63, 3.8) is 0 Å². The van der Waals surface area contributed by atoms with E-state index in [2.05, 4.69) is 4.99 Å². The normalized spacial score (nSPS) is 15.3. The summed E-state index contributed by atoms with van der Waals surface area (Å²) in [7, 11) is 2.69. The molecule has 1 aliphatic rings. The zero-order valence-electron chi connectivity index (χ0n) is 19.6. The fourth-order valence-electron chi connectivity index (χ4n) is 3.85. The molecule has 4 rings (SSSR count). The summed E-state index contributed by atoms with van der Waals surface area (Å²) in [5.41, 5.74) is 1.49. The number of hydrogen-bond donors (Lipinski definition) is 0. The van der Waals surface area contributed by atoms with Crippen LogP contribution in [0.2, 0.25) is 10.0 Å². The second-order valence-corrected chi connectivity index (χ2v) is 9.57. The van der Waals surface area contributed by atoms with Crippen LogP contribution in [0.4, 0.5) is 0 Å². The van der Waals surface area contributed by atoms with Crippen molar-refractivity contribution >= 4 is 52.6 Å². The monoisotopic (exact) mass is 546 g/mol. The molecule has 8 nitrogen and oxygen atoms in total. The lowest BCUT2D eigenvalue weighted by Gasteiger charge is -2.25. The summed E-state index contributed by atoms with van der Waals surface area (Å²) >= 11 is 13.3. The largest absolute Gasteiger partial charge is 0.493 e. The van der Waals surface area contributed by atoms with Crippen molar-refractivity contribution in [1.29, 1.82) is 0 Å². The summed E-state index contributed by atoms with van der Waals surface area (Å²) < 4.78 is 17.5. The van der Waals surface area contributed by atoms with Gasteiger partial charge in [-0.15, -0.1) is 0 Å². The van der Waals surface area contributed by atoms with Gasteiger partial charge in [0.2, 0.25) is 0 Å². The van der Waals surface area contributed by atoms with Crippen LogP contribution in [0.1, 0.15) is 31.0 Å². The zero-order valence-corrected chi connectivity index (χ0v) is 22.0. The highest BCUT2D eigenvalue weighted by molar-refractivity contribution is 7.07. The SMILES string of the molecule is COC(=O)C1=C(C)N=c2s/c(=C/c3ccc(Cl)c(Cl)c3)c(=O)n2[C@H]1c1ccc(OC(C)=O)c(OC)c1. The maximum atomic E-state index is 13.6. The van der Waals surface area contributed by atoms with Crippen LogP contribution in [0.15, 0.2) is 57.5 Å². The standard InChI is InChI=1S/C25H20Cl2N2O6S/c1-12-21(24(32)34-4)22(15-6-8-18(35-13(2)30)19(11-15)33-3)29-23(31)20(36-25(29)28-12)10-14-5-7-16(26)17(27)9-14/h5-11,22H,1-4H3/b20-10+/t22-/m0/s1. The molecule has 1 atom stereocenters. The molecule has 11 heteroatoms. The molecule has 0 saturated carbocycles. The van der Waals surface area contributed by atoms with E-state index in [4.69, 9.17) is 37.4 Å². The number of ether oxygens (including phenoxy) is 3. The predicted molar refractivity (Wildman–Crippen MR) is 137 cm³/mol. The van der Waals surface area contributed by atoms with Crippen LogP contribution in [0, 0.1) is 0 Å². The van der Waals surface area contributed by atoms with E-state index in [1.807, 2.05) is 0 Å². The summed E-state index contributed by atoms with van der Waals surface area (Å²) in [5.74, 6) is -0.661. The summed E-state index contributed by atoms with van der Waals surface area (Å²) in [6, 6.07) is 9.00. The number of carbonyl (C=O) groups is 2. The molecular formula is C25H20Cl2N2O6S. The van der Waals surface area contributed by atoms with Crippen LogP contribution < -0.4 is 24.4 Å². The lowest BCUT2D eigenvalue weighted by molar-refractivity contribution is -0.136. The Kier molecular flexibility index (Phi) is 7.35. The first-order valence-corrected chi connectivity index (χ1v) is 12.1. The number of nitrogens with zero attached hydrogens (tertiary/aromatic N) is 2. The third kappa shape index (κ3) is 4.82. The fourth-order valence-corrected chi connectivity index (χ4v) is 5.21. The maximum absolute atomic E-state index is 13.6. The first-order chi connectivity index (χ1) is 17.1. The molecule has 0 aliphatic carbocycles. The van der Waals surface area contributed by atoms with Crippen LogP contribution in [0.3, 0.4) is 0 Å². The van der Waals surface area contributed by atoms with Gasteiger partial charge in [0.1, 0.15) is 0 Å². The number of aromatic nitrogens is 1. The van der Waals surface area contributed by atoms with Crippen molar-refractivity contribution in [1.82, 2.24) is 4.57 Å². The number of methoxy groups -OCH3 is 2. The van der Waals surface area contributed by atoms with Crippen molar-refractivity contribution in [2.45, 2.75) is 19.9 Å². The molecule has 3 aromatic rings. The minimum absolute atomic E-state index is 0.202. The molecule has 0 saturated heterocycles. The predicted octanol–water partition coefficient (Wildman–Crippen LogP) is 3.65. The highest BCUT2D eigenvalue weighted by Gasteiger charge is 2.33. The Labute approximate surface area is 219 Å². The number of thiazole rings is 1. The van der Waals surface area contributed by atoms with Gasteiger partial charge in [-0.25, -0.2) is 9.79 Å². The van der Waals surface area contributed by atoms with Gasteiger partial charge in [-0.3, -0.25) is 14.2 Å². The molecule has 36 heavy (non-hydrogen) atoms. The van der Waals surface area contributed by atoms with Crippen molar-refractivity contribution in [3.05, 3.63) is 88.5 Å². The van der Waals surface area contributed by atoms with E-state index in [1.54, 1.807) is 49.4 Å². The number of benzene rings is 2. The fraction of sp³-hybridized carbons (Fsp3) is 0.200. The molecule has 0 spiro atoms. The smallest absolute Gasteiger partial charge is 0.338 e. The van der Waals surface area contributed by atoms with Gasteiger partial charge >= 0.3 is 11.9 Å². The van der Waals surface area contributed by atoms with E-state index in [9.17, 15) is 14.4 Å². The first-order valence-electron chi connectivity index (χ1n) is 10.6. The minimum atomic E-state index is -0.857. The van der Waals surface area contributed by atoms with E-state index in [0.29, 0.717) is 36.2 Å². The molecule has 1 aliphatic heterocycles. The second-order valence-electron chi connectivity index (χ2n) is 7.75. The summed E-state index contributed by atoms with van der Waals surface area (Å²) in [4.78, 5) is 42.9. The van der Waals surface area contributed by atoms with Crippen LogP contribution in [0.25, 0.3) is 6.08 Å². The number of esters is 2. The van der Waals surface area contributed by atoms with Crippen LogP contribution >= 0.6 is 34.5 Å². The molecule has 1 aromatic heterocycles. The van der Waals surface area contributed by atoms with Crippen LogP contribution in [-0.2, 0) is 14.3 Å². The van der Waals surface area contributed by atoms with E-state index in [1.165, 1.54) is 37.0 Å². The number of fused-ring (bicyclic) bond motifs is 1. The Balaban J connectivity index is 1.95. The zero-order chi connectivity index (χ0) is 26.1. The number of hydrogen-bond acceptors (Lipinski definition) is 8. The maximum Gasteiger partial charge on any atom is 0.338 e. The van der Waals surface area contributed by atoms with Gasteiger partial charge < -0.3 is 14.2 Å². The molecule has 0 radical (unpaired) electrons. The number of halogens is 2. The van der Waals surface area contributed by atoms with Gasteiger partial charge in [0.25, 0.3) is 5.56 Å². The Morgan fingerprint density at radius 3 is 2.47 bits per heavy atom. The number of carbonyl (C=O) groups excluding carboxylic acids is 2. The lowest BCUT2D eigenvalue weighted by atomic mass is 9.95. The highest BCUT2D eigenvalue weighted by Crippen LogP contribution is 2.36. The van der Waals surface area contributed by atoms with Crippen molar-refractivity contribution in [2.75, 3.05) is 14.2 Å². The Morgan fingerprint density at radius 1 is 1.08 bits per heavy atom. The number of rotatable bonds is 5. The third-order valence-corrected chi connectivity index (χ3v) is 7.15. The molecular weight excluding hydrogens is 527 g/mol. The summed E-state index contributed by atoms with van der Waals surface area (Å²) in [5, 5.41) is 0.764. The average Bonchev–Trinajstić information content (AvgIpc) is 3.14. The molecule has 2 heterocycles. The molecule has 0 fully saturated rings. The average molecular weight is 547 g/mol. The van der Waals surface area contributed by atoms with Gasteiger partial charge in [0, 0.05) is 6.92 Å². The van der Waals surface area contributed by atoms with Crippen LogP contribution in [0.5, 0.6) is 11.5 Å². The van der Waals surface area contributed by atoms with E-state index < -0.39 is 18.0 Å². The van der Waals surface area contributed by atoms with Crippen LogP contribution in [-0.4, -0.2) is 30.7 Å². The van der Waals surface area contributed by atoms with Gasteiger partial charge in [0.05, 0.1) is 46.1 Å². The third-order valence-electron chi connectivity index (χ3n) is 5.43. The topological polar surface area (TPSA) is 96.2 Å².